The van der Waals surface area contributed by atoms with Crippen molar-refractivity contribution in [3.63, 3.8) is 0 Å². The van der Waals surface area contributed by atoms with Gasteiger partial charge in [-0.25, -0.2) is 0 Å². The zero-order chi connectivity index (χ0) is 19.0. The predicted molar refractivity (Wildman–Crippen MR) is 107 cm³/mol. The quantitative estimate of drug-likeness (QED) is 0.596. The maximum absolute atomic E-state index is 12.7. The molecule has 4 bridgehead atoms. The molecule has 0 saturated heterocycles. The fourth-order valence-electron chi connectivity index (χ4n) is 6.09. The van der Waals surface area contributed by atoms with Gasteiger partial charge in [0.1, 0.15) is 11.6 Å². The number of carbonyl (C=O) groups is 1. The van der Waals surface area contributed by atoms with Crippen LogP contribution in [0.25, 0.3) is 0 Å². The Morgan fingerprint density at radius 2 is 1.70 bits per heavy atom. The number of hydrogen-bond acceptors (Lipinski definition) is 3. The molecule has 4 aliphatic carbocycles. The number of aryl methyl sites for hydroxylation is 1. The Bertz CT molecular complexity index is 752. The SMILES string of the molecule is Cc1ccc(N/C=C(/C#N)C(=O)NC(C)C23CC4CC(CC(C4)C2)C3)cc1. The Labute approximate surface area is 162 Å². The summed E-state index contributed by atoms with van der Waals surface area (Å²) in [5.41, 5.74) is 2.42. The van der Waals surface area contributed by atoms with E-state index in [9.17, 15) is 10.1 Å². The van der Waals surface area contributed by atoms with Crippen LogP contribution in [0.3, 0.4) is 0 Å². The summed E-state index contributed by atoms with van der Waals surface area (Å²) in [5.74, 6) is 2.29. The molecule has 4 nitrogen and oxygen atoms in total. The van der Waals surface area contributed by atoms with Gasteiger partial charge in [-0.05, 0) is 87.7 Å². The zero-order valence-electron chi connectivity index (χ0n) is 16.3. The monoisotopic (exact) mass is 363 g/mol. The molecule has 0 spiro atoms. The van der Waals surface area contributed by atoms with E-state index in [1.165, 1.54) is 50.3 Å². The van der Waals surface area contributed by atoms with Gasteiger partial charge in [0.05, 0.1) is 0 Å². The van der Waals surface area contributed by atoms with E-state index in [4.69, 9.17) is 0 Å². The maximum atomic E-state index is 12.7. The van der Waals surface area contributed by atoms with E-state index in [-0.39, 0.29) is 22.9 Å². The Balaban J connectivity index is 1.42. The van der Waals surface area contributed by atoms with E-state index in [1.807, 2.05) is 37.3 Å². The van der Waals surface area contributed by atoms with Crippen molar-refractivity contribution >= 4 is 11.6 Å². The van der Waals surface area contributed by atoms with Crippen molar-refractivity contribution < 1.29 is 4.79 Å². The van der Waals surface area contributed by atoms with Crippen molar-refractivity contribution in [3.8, 4) is 6.07 Å². The van der Waals surface area contributed by atoms with Crippen LogP contribution in [0.1, 0.15) is 51.0 Å². The Kier molecular flexibility index (Phi) is 4.72. The van der Waals surface area contributed by atoms with Gasteiger partial charge in [0.25, 0.3) is 5.91 Å². The van der Waals surface area contributed by atoms with Gasteiger partial charge in [-0.3, -0.25) is 4.79 Å². The molecule has 142 valence electrons. The molecule has 0 radical (unpaired) electrons. The topological polar surface area (TPSA) is 64.9 Å². The summed E-state index contributed by atoms with van der Waals surface area (Å²) in [6.45, 7) is 4.17. The van der Waals surface area contributed by atoms with Crippen LogP contribution in [0.15, 0.2) is 36.0 Å². The lowest BCUT2D eigenvalue weighted by atomic mass is 9.48. The smallest absolute Gasteiger partial charge is 0.263 e. The molecule has 0 aromatic heterocycles. The minimum absolute atomic E-state index is 0.120. The summed E-state index contributed by atoms with van der Waals surface area (Å²) in [6.07, 6.45) is 9.43. The van der Waals surface area contributed by atoms with Gasteiger partial charge in [0.15, 0.2) is 0 Å². The third kappa shape index (κ3) is 3.60. The average Bonchev–Trinajstić information content (AvgIpc) is 2.62. The van der Waals surface area contributed by atoms with Gasteiger partial charge in [0, 0.05) is 17.9 Å². The first-order valence-corrected chi connectivity index (χ1v) is 10.2. The minimum atomic E-state index is -0.264. The molecule has 0 aliphatic heterocycles. The molecular formula is C23H29N3O. The molecule has 1 aromatic rings. The van der Waals surface area contributed by atoms with E-state index >= 15 is 0 Å². The van der Waals surface area contributed by atoms with E-state index in [1.54, 1.807) is 0 Å². The summed E-state index contributed by atoms with van der Waals surface area (Å²) >= 11 is 0. The second-order valence-electron chi connectivity index (χ2n) is 9.16. The van der Waals surface area contributed by atoms with Crippen molar-refractivity contribution in [1.82, 2.24) is 5.32 Å². The van der Waals surface area contributed by atoms with Gasteiger partial charge in [0.2, 0.25) is 0 Å². The highest BCUT2D eigenvalue weighted by Crippen LogP contribution is 2.61. The molecule has 2 N–H and O–H groups in total. The number of rotatable bonds is 5. The molecule has 4 saturated carbocycles. The van der Waals surface area contributed by atoms with Crippen LogP contribution in [0.2, 0.25) is 0 Å². The normalized spacial score (nSPS) is 32.6. The fraction of sp³-hybridized carbons (Fsp3) is 0.565. The first-order valence-electron chi connectivity index (χ1n) is 10.2. The van der Waals surface area contributed by atoms with Crippen LogP contribution in [0.5, 0.6) is 0 Å². The molecule has 4 fully saturated rings. The largest absolute Gasteiger partial charge is 0.360 e. The van der Waals surface area contributed by atoms with E-state index < -0.39 is 0 Å². The zero-order valence-corrected chi connectivity index (χ0v) is 16.3. The highest BCUT2D eigenvalue weighted by atomic mass is 16.1. The minimum Gasteiger partial charge on any atom is -0.360 e. The number of benzene rings is 1. The first-order chi connectivity index (χ1) is 13.0. The third-order valence-electron chi connectivity index (χ3n) is 7.15. The van der Waals surface area contributed by atoms with Crippen LogP contribution in [0, 0.1) is 41.4 Å². The summed E-state index contributed by atoms with van der Waals surface area (Å²) in [6, 6.07) is 10.0. The first kappa shape index (κ1) is 18.1. The Hall–Kier alpha value is -2.28. The molecule has 1 atom stereocenters. The lowest BCUT2D eigenvalue weighted by molar-refractivity contribution is -0.122. The number of nitrogens with one attached hydrogen (secondary N) is 2. The lowest BCUT2D eigenvalue weighted by Gasteiger charge is -2.59. The number of anilines is 1. The molecule has 1 aromatic carbocycles. The highest BCUT2D eigenvalue weighted by Gasteiger charge is 2.53. The van der Waals surface area contributed by atoms with E-state index in [0.717, 1.165) is 23.4 Å². The molecule has 27 heavy (non-hydrogen) atoms. The number of hydrogen-bond donors (Lipinski definition) is 2. The molecule has 4 aliphatic rings. The van der Waals surface area contributed by atoms with Crippen molar-refractivity contribution in [3.05, 3.63) is 41.6 Å². The summed E-state index contributed by atoms with van der Waals surface area (Å²) in [5, 5.41) is 15.7. The lowest BCUT2D eigenvalue weighted by Crippen LogP contribution is -2.56. The number of amides is 1. The second kappa shape index (κ2) is 7.03. The highest BCUT2D eigenvalue weighted by molar-refractivity contribution is 5.97. The Morgan fingerprint density at radius 1 is 1.15 bits per heavy atom. The van der Waals surface area contributed by atoms with Crippen molar-refractivity contribution in [2.75, 3.05) is 5.32 Å². The molecule has 1 unspecified atom stereocenters. The molecular weight excluding hydrogens is 334 g/mol. The summed E-state index contributed by atoms with van der Waals surface area (Å²) < 4.78 is 0. The predicted octanol–water partition coefficient (Wildman–Crippen LogP) is 4.54. The van der Waals surface area contributed by atoms with Gasteiger partial charge in [-0.1, -0.05) is 17.7 Å². The van der Waals surface area contributed by atoms with Crippen LogP contribution >= 0.6 is 0 Å². The van der Waals surface area contributed by atoms with Crippen molar-refractivity contribution in [1.29, 1.82) is 5.26 Å². The van der Waals surface area contributed by atoms with Crippen LogP contribution in [-0.4, -0.2) is 11.9 Å². The van der Waals surface area contributed by atoms with Crippen LogP contribution in [0.4, 0.5) is 5.69 Å². The summed E-state index contributed by atoms with van der Waals surface area (Å²) in [7, 11) is 0. The van der Waals surface area contributed by atoms with Crippen LogP contribution < -0.4 is 10.6 Å². The maximum Gasteiger partial charge on any atom is 0.263 e. The standard InChI is InChI=1S/C23H29N3O/c1-15-3-5-21(6-4-15)25-14-20(13-24)22(27)26-16(2)23-10-17-7-18(11-23)9-19(8-17)12-23/h3-6,14,16-19,25H,7-12H2,1-2H3,(H,26,27)/b20-14-. The number of nitrogens with zero attached hydrogens (tertiary/aromatic N) is 1. The van der Waals surface area contributed by atoms with Gasteiger partial charge in [-0.15, -0.1) is 0 Å². The van der Waals surface area contributed by atoms with Gasteiger partial charge in [-0.2, -0.15) is 5.26 Å². The number of nitriles is 1. The third-order valence-corrected chi connectivity index (χ3v) is 7.15. The average molecular weight is 364 g/mol. The van der Waals surface area contributed by atoms with Crippen LogP contribution in [-0.2, 0) is 4.79 Å². The number of carbonyl (C=O) groups excluding carboxylic acids is 1. The second-order valence-corrected chi connectivity index (χ2v) is 9.16. The molecule has 4 heteroatoms. The van der Waals surface area contributed by atoms with Gasteiger partial charge >= 0.3 is 0 Å². The van der Waals surface area contributed by atoms with E-state index in [0.29, 0.717) is 0 Å². The molecule has 5 rings (SSSR count). The van der Waals surface area contributed by atoms with Crippen molar-refractivity contribution in [2.24, 2.45) is 23.2 Å². The Morgan fingerprint density at radius 3 is 2.22 bits per heavy atom. The van der Waals surface area contributed by atoms with Crippen molar-refractivity contribution in [2.45, 2.75) is 58.4 Å². The van der Waals surface area contributed by atoms with E-state index in [2.05, 4.69) is 17.6 Å². The fourth-order valence-corrected chi connectivity index (χ4v) is 6.09. The van der Waals surface area contributed by atoms with Gasteiger partial charge < -0.3 is 10.6 Å². The molecule has 0 heterocycles. The molecule has 1 amide bonds. The summed E-state index contributed by atoms with van der Waals surface area (Å²) in [4.78, 5) is 12.7.